The maximum Gasteiger partial charge on any atom is 0.271 e. The van der Waals surface area contributed by atoms with Gasteiger partial charge in [0.15, 0.2) is 0 Å². The van der Waals surface area contributed by atoms with Gasteiger partial charge in [0, 0.05) is 36.6 Å². The molecule has 1 unspecified atom stereocenters. The van der Waals surface area contributed by atoms with Crippen LogP contribution in [0, 0.1) is 0 Å². The van der Waals surface area contributed by atoms with Crippen molar-refractivity contribution in [1.82, 2.24) is 15.2 Å². The van der Waals surface area contributed by atoms with E-state index in [1.54, 1.807) is 12.5 Å². The fourth-order valence-corrected chi connectivity index (χ4v) is 3.56. The maximum atomic E-state index is 12.4. The average Bonchev–Trinajstić information content (AvgIpc) is 3.13. The number of hydrogen-bond acceptors (Lipinski definition) is 6. The first-order chi connectivity index (χ1) is 12.2. The van der Waals surface area contributed by atoms with Crippen molar-refractivity contribution in [3.63, 3.8) is 0 Å². The van der Waals surface area contributed by atoms with Gasteiger partial charge in [-0.15, -0.1) is 11.3 Å². The SMILES string of the molecule is COc1ccc(-c2nc(C(=O)NC(C)CN3CCOCC3)cs2)cc1. The Hall–Kier alpha value is -1.96. The van der Waals surface area contributed by atoms with Crippen LogP contribution < -0.4 is 10.1 Å². The van der Waals surface area contributed by atoms with Gasteiger partial charge in [-0.1, -0.05) is 0 Å². The van der Waals surface area contributed by atoms with Gasteiger partial charge in [0.05, 0.1) is 20.3 Å². The van der Waals surface area contributed by atoms with Crippen molar-refractivity contribution < 1.29 is 14.3 Å². The topological polar surface area (TPSA) is 63.7 Å². The molecule has 1 aromatic carbocycles. The molecule has 6 nitrogen and oxygen atoms in total. The van der Waals surface area contributed by atoms with Crippen LogP contribution in [0.4, 0.5) is 0 Å². The summed E-state index contributed by atoms with van der Waals surface area (Å²) in [6.45, 7) is 6.20. The van der Waals surface area contributed by atoms with Crippen LogP contribution in [0.3, 0.4) is 0 Å². The number of methoxy groups -OCH3 is 1. The van der Waals surface area contributed by atoms with Crippen LogP contribution in [0.5, 0.6) is 5.75 Å². The maximum absolute atomic E-state index is 12.4. The summed E-state index contributed by atoms with van der Waals surface area (Å²) >= 11 is 1.47. The molecule has 2 heterocycles. The highest BCUT2D eigenvalue weighted by Crippen LogP contribution is 2.25. The van der Waals surface area contributed by atoms with Gasteiger partial charge in [-0.3, -0.25) is 9.69 Å². The zero-order valence-corrected chi connectivity index (χ0v) is 15.3. The predicted molar refractivity (Wildman–Crippen MR) is 98.3 cm³/mol. The van der Waals surface area contributed by atoms with E-state index in [0.717, 1.165) is 49.2 Å². The Morgan fingerprint density at radius 3 is 2.76 bits per heavy atom. The number of ether oxygens (including phenoxy) is 2. The summed E-state index contributed by atoms with van der Waals surface area (Å²) in [5, 5.41) is 5.66. The van der Waals surface area contributed by atoms with E-state index in [1.165, 1.54) is 11.3 Å². The van der Waals surface area contributed by atoms with Crippen LogP contribution in [0.1, 0.15) is 17.4 Å². The van der Waals surface area contributed by atoms with E-state index < -0.39 is 0 Å². The summed E-state index contributed by atoms with van der Waals surface area (Å²) in [7, 11) is 1.64. The smallest absolute Gasteiger partial charge is 0.271 e. The second kappa shape index (κ2) is 8.42. The monoisotopic (exact) mass is 361 g/mol. The first-order valence-corrected chi connectivity index (χ1v) is 9.24. The van der Waals surface area contributed by atoms with Gasteiger partial charge in [0.25, 0.3) is 5.91 Å². The molecule has 3 rings (SSSR count). The molecular formula is C18H23N3O3S. The number of benzene rings is 1. The molecule has 0 spiro atoms. The Morgan fingerprint density at radius 2 is 2.08 bits per heavy atom. The number of rotatable bonds is 6. The van der Waals surface area contributed by atoms with E-state index >= 15 is 0 Å². The highest BCUT2D eigenvalue weighted by Gasteiger charge is 2.17. The molecule has 0 bridgehead atoms. The molecule has 1 aliphatic heterocycles. The van der Waals surface area contributed by atoms with Crippen molar-refractivity contribution in [3.05, 3.63) is 35.3 Å². The van der Waals surface area contributed by atoms with Crippen LogP contribution in [0.2, 0.25) is 0 Å². The van der Waals surface area contributed by atoms with Crippen molar-refractivity contribution in [3.8, 4) is 16.3 Å². The highest BCUT2D eigenvalue weighted by atomic mass is 32.1. The second-order valence-electron chi connectivity index (χ2n) is 6.05. The fraction of sp³-hybridized carbons (Fsp3) is 0.444. The molecule has 1 amide bonds. The molecule has 1 N–H and O–H groups in total. The Kier molecular flexibility index (Phi) is 6.01. The molecule has 134 valence electrons. The molecule has 1 saturated heterocycles. The van der Waals surface area contributed by atoms with E-state index in [4.69, 9.17) is 9.47 Å². The molecule has 1 atom stereocenters. The molecule has 2 aromatic rings. The van der Waals surface area contributed by atoms with Gasteiger partial charge in [0.1, 0.15) is 16.5 Å². The zero-order valence-electron chi connectivity index (χ0n) is 14.5. The van der Waals surface area contributed by atoms with Gasteiger partial charge in [-0.25, -0.2) is 4.98 Å². The molecule has 1 aromatic heterocycles. The Bertz CT molecular complexity index is 696. The minimum atomic E-state index is -0.128. The number of amides is 1. The van der Waals surface area contributed by atoms with Crippen LogP contribution >= 0.6 is 11.3 Å². The number of hydrogen-bond donors (Lipinski definition) is 1. The summed E-state index contributed by atoms with van der Waals surface area (Å²) in [6, 6.07) is 7.74. The lowest BCUT2D eigenvalue weighted by Crippen LogP contribution is -2.46. The third-order valence-electron chi connectivity index (χ3n) is 4.09. The number of carbonyl (C=O) groups excluding carboxylic acids is 1. The Labute approximate surface area is 151 Å². The van der Waals surface area contributed by atoms with E-state index in [-0.39, 0.29) is 11.9 Å². The first-order valence-electron chi connectivity index (χ1n) is 8.36. The number of nitrogens with one attached hydrogen (secondary N) is 1. The van der Waals surface area contributed by atoms with Crippen molar-refractivity contribution in [1.29, 1.82) is 0 Å². The Morgan fingerprint density at radius 1 is 1.36 bits per heavy atom. The summed E-state index contributed by atoms with van der Waals surface area (Å²) < 4.78 is 10.5. The standard InChI is InChI=1S/C18H23N3O3S/c1-13(11-21-7-9-24-10-8-21)19-17(22)16-12-25-18(20-16)14-3-5-15(23-2)6-4-14/h3-6,12-13H,7-11H2,1-2H3,(H,19,22). The van der Waals surface area contributed by atoms with E-state index in [2.05, 4.69) is 15.2 Å². The van der Waals surface area contributed by atoms with Crippen molar-refractivity contribution in [2.45, 2.75) is 13.0 Å². The van der Waals surface area contributed by atoms with E-state index in [0.29, 0.717) is 5.69 Å². The quantitative estimate of drug-likeness (QED) is 0.855. The minimum absolute atomic E-state index is 0.0664. The predicted octanol–water partition coefficient (Wildman–Crippen LogP) is 2.27. The molecule has 1 aliphatic rings. The van der Waals surface area contributed by atoms with Gasteiger partial charge in [-0.05, 0) is 31.2 Å². The summed E-state index contributed by atoms with van der Waals surface area (Å²) in [4.78, 5) is 19.2. The normalized spacial score (nSPS) is 16.4. The van der Waals surface area contributed by atoms with E-state index in [9.17, 15) is 4.79 Å². The Balaban J connectivity index is 1.57. The molecule has 25 heavy (non-hydrogen) atoms. The van der Waals surface area contributed by atoms with Gasteiger partial charge < -0.3 is 14.8 Å². The summed E-state index contributed by atoms with van der Waals surface area (Å²) in [5.74, 6) is 0.673. The van der Waals surface area contributed by atoms with Gasteiger partial charge >= 0.3 is 0 Å². The fourth-order valence-electron chi connectivity index (χ4n) is 2.76. The zero-order chi connectivity index (χ0) is 17.6. The number of carbonyl (C=O) groups is 1. The van der Waals surface area contributed by atoms with E-state index in [1.807, 2.05) is 31.2 Å². The third kappa shape index (κ3) is 4.78. The summed E-state index contributed by atoms with van der Waals surface area (Å²) in [6.07, 6.45) is 0. The van der Waals surface area contributed by atoms with Crippen LogP contribution in [-0.4, -0.2) is 61.8 Å². The second-order valence-corrected chi connectivity index (χ2v) is 6.91. The van der Waals surface area contributed by atoms with Gasteiger partial charge in [-0.2, -0.15) is 0 Å². The molecule has 0 saturated carbocycles. The first kappa shape index (κ1) is 17.8. The molecular weight excluding hydrogens is 338 g/mol. The van der Waals surface area contributed by atoms with Crippen LogP contribution in [0.25, 0.3) is 10.6 Å². The molecule has 7 heteroatoms. The minimum Gasteiger partial charge on any atom is -0.497 e. The molecule has 1 fully saturated rings. The van der Waals surface area contributed by atoms with Crippen molar-refractivity contribution in [2.75, 3.05) is 40.0 Å². The number of morpholine rings is 1. The summed E-state index contributed by atoms with van der Waals surface area (Å²) in [5.41, 5.74) is 1.44. The van der Waals surface area contributed by atoms with Crippen molar-refractivity contribution in [2.24, 2.45) is 0 Å². The number of aromatic nitrogens is 1. The molecule has 0 radical (unpaired) electrons. The lowest BCUT2D eigenvalue weighted by Gasteiger charge is -2.29. The lowest BCUT2D eigenvalue weighted by atomic mass is 10.2. The third-order valence-corrected chi connectivity index (χ3v) is 4.98. The average molecular weight is 361 g/mol. The van der Waals surface area contributed by atoms with Crippen molar-refractivity contribution >= 4 is 17.2 Å². The van der Waals surface area contributed by atoms with Crippen LogP contribution in [0.15, 0.2) is 29.6 Å². The molecule has 0 aliphatic carbocycles. The number of thiazole rings is 1. The van der Waals surface area contributed by atoms with Gasteiger partial charge in [0.2, 0.25) is 0 Å². The number of nitrogens with zero attached hydrogens (tertiary/aromatic N) is 2. The van der Waals surface area contributed by atoms with Crippen LogP contribution in [-0.2, 0) is 4.74 Å². The lowest BCUT2D eigenvalue weighted by molar-refractivity contribution is 0.0342. The highest BCUT2D eigenvalue weighted by molar-refractivity contribution is 7.13. The largest absolute Gasteiger partial charge is 0.497 e.